The molecule has 0 saturated carbocycles. The van der Waals surface area contributed by atoms with Crippen LogP contribution in [0.15, 0.2) is 36.7 Å². The van der Waals surface area contributed by atoms with Crippen LogP contribution < -0.4 is 10.6 Å². The molecule has 6 rings (SSSR count). The third-order valence-electron chi connectivity index (χ3n) is 5.99. The molecule has 0 saturated heterocycles. The van der Waals surface area contributed by atoms with Crippen LogP contribution in [-0.4, -0.2) is 54.7 Å². The molecule has 3 N–H and O–H groups in total. The number of hydrogen-bond acceptors (Lipinski definition) is 9. The summed E-state index contributed by atoms with van der Waals surface area (Å²) in [6.07, 6.45) is 5.62. The minimum atomic E-state index is -0.293. The molecular weight excluding hydrogens is 472 g/mol. The second kappa shape index (κ2) is 8.61. The van der Waals surface area contributed by atoms with Crippen LogP contribution in [0.4, 0.5) is 10.3 Å². The Balaban J connectivity index is 1.06. The number of carbonyl (C=O) groups excluding carboxylic acids is 2. The molecule has 1 aromatic carbocycles. The number of anilines is 2. The van der Waals surface area contributed by atoms with Crippen molar-refractivity contribution in [3.63, 3.8) is 0 Å². The van der Waals surface area contributed by atoms with E-state index in [4.69, 9.17) is 0 Å². The van der Waals surface area contributed by atoms with Crippen molar-refractivity contribution < 1.29 is 9.59 Å². The largest absolute Gasteiger partial charge is 0.358 e. The van der Waals surface area contributed by atoms with Crippen LogP contribution in [0.1, 0.15) is 41.9 Å². The summed E-state index contributed by atoms with van der Waals surface area (Å²) in [6.45, 7) is 0.980. The highest BCUT2D eigenvalue weighted by Gasteiger charge is 2.26. The molecule has 10 nitrogen and oxygen atoms in total. The normalized spacial score (nSPS) is 15.1. The number of nitrogens with zero attached hydrogens (tertiary/aromatic N) is 5. The standard InChI is InChI=1S/C22H20N8O2S2/c31-19(17-9-23-21(33-17)25-14-7-12-3-1-2-4-13(12)8-14)26-22-24-10-18(34-22)20(32)30-6-5-15-16(11-30)28-29-27-15/h1-4,9-10,14H,5-8,11H2,(H,23,25)(H,24,26,31)(H,27,28,29). The highest BCUT2D eigenvalue weighted by atomic mass is 32.1. The summed E-state index contributed by atoms with van der Waals surface area (Å²) in [5.41, 5.74) is 4.40. The second-order valence-electron chi connectivity index (χ2n) is 8.23. The number of nitrogens with one attached hydrogen (secondary N) is 3. The molecular formula is C22H20N8O2S2. The van der Waals surface area contributed by atoms with Crippen molar-refractivity contribution in [2.24, 2.45) is 0 Å². The number of benzene rings is 1. The first kappa shape index (κ1) is 20.9. The van der Waals surface area contributed by atoms with Crippen LogP contribution in [0.3, 0.4) is 0 Å². The predicted octanol–water partition coefficient (Wildman–Crippen LogP) is 2.75. The van der Waals surface area contributed by atoms with E-state index in [-0.39, 0.29) is 17.9 Å². The first-order chi connectivity index (χ1) is 16.6. The summed E-state index contributed by atoms with van der Waals surface area (Å²) in [5.74, 6) is -0.424. The predicted molar refractivity (Wildman–Crippen MR) is 128 cm³/mol. The molecule has 3 aromatic heterocycles. The Bertz CT molecular complexity index is 1350. The Morgan fingerprint density at radius 1 is 0.971 bits per heavy atom. The topological polar surface area (TPSA) is 129 Å². The summed E-state index contributed by atoms with van der Waals surface area (Å²) in [4.78, 5) is 36.8. The summed E-state index contributed by atoms with van der Waals surface area (Å²) in [5, 5.41) is 18.1. The first-order valence-electron chi connectivity index (χ1n) is 10.9. The van der Waals surface area contributed by atoms with Gasteiger partial charge in [0.25, 0.3) is 11.8 Å². The van der Waals surface area contributed by atoms with E-state index >= 15 is 0 Å². The van der Waals surface area contributed by atoms with Crippen LogP contribution >= 0.6 is 22.7 Å². The first-order valence-corrected chi connectivity index (χ1v) is 12.5. The Morgan fingerprint density at radius 3 is 2.50 bits per heavy atom. The smallest absolute Gasteiger partial charge is 0.269 e. The Kier molecular flexibility index (Phi) is 5.30. The number of hydrogen-bond donors (Lipinski definition) is 3. The number of carbonyl (C=O) groups is 2. The van der Waals surface area contributed by atoms with E-state index in [9.17, 15) is 9.59 Å². The van der Waals surface area contributed by atoms with Gasteiger partial charge in [0.15, 0.2) is 10.3 Å². The summed E-state index contributed by atoms with van der Waals surface area (Å²) < 4.78 is 0. The Labute approximate surface area is 202 Å². The molecule has 34 heavy (non-hydrogen) atoms. The molecule has 2 amide bonds. The minimum Gasteiger partial charge on any atom is -0.358 e. The number of amides is 2. The van der Waals surface area contributed by atoms with Crippen molar-refractivity contribution in [2.75, 3.05) is 17.2 Å². The number of aromatic nitrogens is 5. The van der Waals surface area contributed by atoms with Crippen molar-refractivity contribution in [3.8, 4) is 0 Å². The zero-order valence-electron chi connectivity index (χ0n) is 17.9. The van der Waals surface area contributed by atoms with Crippen LogP contribution in [0, 0.1) is 0 Å². The SMILES string of the molecule is O=C(Nc1ncc(C(=O)N2CCc3n[nH]nc3C2)s1)c1cnc(NC2Cc3ccccc3C2)s1. The molecule has 0 fully saturated rings. The fourth-order valence-corrected chi connectivity index (χ4v) is 5.87. The zero-order valence-corrected chi connectivity index (χ0v) is 19.6. The molecule has 172 valence electrons. The molecule has 1 aliphatic carbocycles. The molecule has 1 aliphatic heterocycles. The molecule has 0 bridgehead atoms. The van der Waals surface area contributed by atoms with Crippen molar-refractivity contribution >= 4 is 44.8 Å². The van der Waals surface area contributed by atoms with E-state index in [0.717, 1.165) is 40.7 Å². The van der Waals surface area contributed by atoms with E-state index in [1.807, 2.05) is 0 Å². The van der Waals surface area contributed by atoms with Gasteiger partial charge in [0, 0.05) is 19.0 Å². The van der Waals surface area contributed by atoms with E-state index in [0.29, 0.717) is 34.4 Å². The number of fused-ring (bicyclic) bond motifs is 2. The quantitative estimate of drug-likeness (QED) is 0.391. The fraction of sp³-hybridized carbons (Fsp3) is 0.273. The van der Waals surface area contributed by atoms with Crippen LogP contribution in [0.25, 0.3) is 0 Å². The van der Waals surface area contributed by atoms with Crippen molar-refractivity contribution in [2.45, 2.75) is 31.8 Å². The molecule has 4 aromatic rings. The Hall–Kier alpha value is -3.64. The van der Waals surface area contributed by atoms with E-state index < -0.39 is 0 Å². The molecule has 0 radical (unpaired) electrons. The van der Waals surface area contributed by atoms with E-state index in [1.165, 1.54) is 28.7 Å². The monoisotopic (exact) mass is 492 g/mol. The van der Waals surface area contributed by atoms with Gasteiger partial charge in [-0.25, -0.2) is 9.97 Å². The van der Waals surface area contributed by atoms with Gasteiger partial charge >= 0.3 is 0 Å². The van der Waals surface area contributed by atoms with Gasteiger partial charge in [-0.2, -0.15) is 15.4 Å². The lowest BCUT2D eigenvalue weighted by Gasteiger charge is -2.24. The van der Waals surface area contributed by atoms with Gasteiger partial charge in [-0.05, 0) is 24.0 Å². The van der Waals surface area contributed by atoms with Crippen molar-refractivity contribution in [1.29, 1.82) is 0 Å². The highest BCUT2D eigenvalue weighted by molar-refractivity contribution is 7.18. The fourth-order valence-electron chi connectivity index (χ4n) is 4.30. The average molecular weight is 493 g/mol. The van der Waals surface area contributed by atoms with Gasteiger partial charge in [-0.3, -0.25) is 14.9 Å². The van der Waals surface area contributed by atoms with Crippen LogP contribution in [0.2, 0.25) is 0 Å². The molecule has 0 unspecified atom stereocenters. The highest BCUT2D eigenvalue weighted by Crippen LogP contribution is 2.28. The number of rotatable bonds is 5. The second-order valence-corrected chi connectivity index (χ2v) is 10.3. The lowest BCUT2D eigenvalue weighted by molar-refractivity contribution is 0.0736. The zero-order chi connectivity index (χ0) is 23.1. The average Bonchev–Trinajstić information content (AvgIpc) is 3.64. The summed E-state index contributed by atoms with van der Waals surface area (Å²) in [7, 11) is 0. The van der Waals surface area contributed by atoms with Crippen LogP contribution in [-0.2, 0) is 25.8 Å². The van der Waals surface area contributed by atoms with Crippen molar-refractivity contribution in [1.82, 2.24) is 30.3 Å². The maximum absolute atomic E-state index is 12.9. The van der Waals surface area contributed by atoms with Gasteiger partial charge in [-0.15, -0.1) is 0 Å². The third-order valence-corrected chi connectivity index (χ3v) is 7.82. The molecule has 0 spiro atoms. The number of aromatic amines is 1. The van der Waals surface area contributed by atoms with Gasteiger partial charge < -0.3 is 10.2 Å². The van der Waals surface area contributed by atoms with Crippen LogP contribution in [0.5, 0.6) is 0 Å². The van der Waals surface area contributed by atoms with E-state index in [2.05, 4.69) is 60.3 Å². The summed E-state index contributed by atoms with van der Waals surface area (Å²) in [6, 6.07) is 8.70. The number of thiazole rings is 2. The molecule has 0 atom stereocenters. The lowest BCUT2D eigenvalue weighted by Crippen LogP contribution is -2.35. The lowest BCUT2D eigenvalue weighted by atomic mass is 10.1. The summed E-state index contributed by atoms with van der Waals surface area (Å²) >= 11 is 2.46. The van der Waals surface area contributed by atoms with Gasteiger partial charge in [0.1, 0.15) is 15.4 Å². The Morgan fingerprint density at radius 2 is 1.68 bits per heavy atom. The molecule has 4 heterocycles. The van der Waals surface area contributed by atoms with Gasteiger partial charge in [0.05, 0.1) is 24.6 Å². The molecule has 12 heteroatoms. The molecule has 2 aliphatic rings. The maximum atomic E-state index is 12.9. The number of H-pyrrole nitrogens is 1. The van der Waals surface area contributed by atoms with E-state index in [1.54, 1.807) is 11.1 Å². The van der Waals surface area contributed by atoms with Gasteiger partial charge in [0.2, 0.25) is 0 Å². The van der Waals surface area contributed by atoms with Crippen molar-refractivity contribution in [3.05, 3.63) is 68.9 Å². The third kappa shape index (κ3) is 4.05. The van der Waals surface area contributed by atoms with Gasteiger partial charge in [-0.1, -0.05) is 46.9 Å². The maximum Gasteiger partial charge on any atom is 0.269 e. The minimum absolute atomic E-state index is 0.131.